The smallest absolute Gasteiger partial charge is 0.259 e. The van der Waals surface area contributed by atoms with Crippen molar-refractivity contribution in [1.82, 2.24) is 30.2 Å². The molecule has 0 saturated carbocycles. The molecule has 2 N–H and O–H groups in total. The van der Waals surface area contributed by atoms with Gasteiger partial charge < -0.3 is 14.8 Å². The van der Waals surface area contributed by atoms with E-state index >= 15 is 0 Å². The quantitative estimate of drug-likeness (QED) is 0.372. The number of phenols is 1. The van der Waals surface area contributed by atoms with Gasteiger partial charge in [0.05, 0.1) is 23.3 Å². The number of tetrazole rings is 1. The first-order valence-corrected chi connectivity index (χ1v) is 11.3. The third-order valence-corrected chi connectivity index (χ3v) is 5.81. The molecule has 3 heterocycles. The first-order chi connectivity index (χ1) is 17.6. The van der Waals surface area contributed by atoms with E-state index < -0.39 is 0 Å². The van der Waals surface area contributed by atoms with Gasteiger partial charge >= 0.3 is 0 Å². The van der Waals surface area contributed by atoms with E-state index in [1.165, 1.54) is 10.9 Å². The Morgan fingerprint density at radius 2 is 1.78 bits per heavy atom. The molecular formula is C27H20N6O3. The molecule has 9 heteroatoms. The third kappa shape index (κ3) is 4.37. The van der Waals surface area contributed by atoms with Crippen molar-refractivity contribution in [3.63, 3.8) is 0 Å². The van der Waals surface area contributed by atoms with E-state index in [2.05, 4.69) is 25.4 Å². The van der Waals surface area contributed by atoms with E-state index in [1.54, 1.807) is 18.2 Å². The summed E-state index contributed by atoms with van der Waals surface area (Å²) in [7, 11) is 0. The van der Waals surface area contributed by atoms with E-state index in [1.807, 2.05) is 60.7 Å². The van der Waals surface area contributed by atoms with E-state index in [0.717, 1.165) is 27.9 Å². The highest BCUT2D eigenvalue weighted by molar-refractivity contribution is 5.83. The zero-order valence-corrected chi connectivity index (χ0v) is 19.0. The van der Waals surface area contributed by atoms with Gasteiger partial charge in [0.2, 0.25) is 5.82 Å². The molecule has 0 fully saturated rings. The highest BCUT2D eigenvalue weighted by atomic mass is 16.5. The van der Waals surface area contributed by atoms with Crippen LogP contribution in [-0.2, 0) is 13.2 Å². The molecule has 36 heavy (non-hydrogen) atoms. The molecule has 6 rings (SSSR count). The Labute approximate surface area is 204 Å². The van der Waals surface area contributed by atoms with Crippen LogP contribution in [0.15, 0.2) is 89.7 Å². The van der Waals surface area contributed by atoms with Crippen LogP contribution in [0.2, 0.25) is 0 Å². The lowest BCUT2D eigenvalue weighted by Gasteiger charge is -2.07. The summed E-state index contributed by atoms with van der Waals surface area (Å²) in [6.07, 6.45) is 0. The van der Waals surface area contributed by atoms with Crippen LogP contribution < -0.4 is 10.3 Å². The Balaban J connectivity index is 1.13. The maximum absolute atomic E-state index is 12.5. The Morgan fingerprint density at radius 3 is 2.67 bits per heavy atom. The number of ether oxygens (including phenoxy) is 1. The zero-order chi connectivity index (χ0) is 24.5. The lowest BCUT2D eigenvalue weighted by molar-refractivity contribution is 0.301. The molecule has 0 aliphatic heterocycles. The number of aromatic hydroxyl groups is 1. The van der Waals surface area contributed by atoms with Gasteiger partial charge in [0.15, 0.2) is 0 Å². The highest BCUT2D eigenvalue weighted by Crippen LogP contribution is 2.21. The molecule has 3 aromatic carbocycles. The van der Waals surface area contributed by atoms with Crippen molar-refractivity contribution < 1.29 is 9.84 Å². The number of nitrogens with one attached hydrogen (secondary N) is 1. The maximum atomic E-state index is 12.5. The van der Waals surface area contributed by atoms with Crippen LogP contribution in [0.25, 0.3) is 33.2 Å². The molecule has 9 nitrogen and oxygen atoms in total. The van der Waals surface area contributed by atoms with Crippen LogP contribution in [0.1, 0.15) is 11.3 Å². The number of pyridine rings is 2. The van der Waals surface area contributed by atoms with Gasteiger partial charge in [0.1, 0.15) is 18.1 Å². The standard InChI is InChI=1S/C27H20N6O3/c34-21-9-12-25-19(13-21)14-23(27(35)29-25)26-30-32-33(31-26)15-17-5-10-22(11-6-17)36-16-20-8-7-18-3-1-2-4-24(18)28-20/h1-14,34H,15-16H2,(H,29,35). The molecule has 0 radical (unpaired) electrons. The highest BCUT2D eigenvalue weighted by Gasteiger charge is 2.12. The summed E-state index contributed by atoms with van der Waals surface area (Å²) in [4.78, 5) is 21.3. The van der Waals surface area contributed by atoms with Crippen molar-refractivity contribution >= 4 is 21.8 Å². The molecule has 0 saturated heterocycles. The van der Waals surface area contributed by atoms with Crippen molar-refractivity contribution in [3.05, 3.63) is 107 Å². The van der Waals surface area contributed by atoms with Crippen LogP contribution in [0.4, 0.5) is 0 Å². The van der Waals surface area contributed by atoms with Crippen molar-refractivity contribution in [2.45, 2.75) is 13.2 Å². The van der Waals surface area contributed by atoms with Crippen molar-refractivity contribution in [2.24, 2.45) is 0 Å². The van der Waals surface area contributed by atoms with E-state index in [9.17, 15) is 9.90 Å². The number of rotatable bonds is 6. The first kappa shape index (κ1) is 21.5. The summed E-state index contributed by atoms with van der Waals surface area (Å²) in [5.74, 6) is 1.05. The van der Waals surface area contributed by atoms with Gasteiger partial charge in [0, 0.05) is 16.3 Å². The monoisotopic (exact) mass is 476 g/mol. The van der Waals surface area contributed by atoms with Crippen molar-refractivity contribution in [2.75, 3.05) is 0 Å². The number of phenolic OH excluding ortho intramolecular Hbond substituents is 1. The molecular weight excluding hydrogens is 456 g/mol. The summed E-state index contributed by atoms with van der Waals surface area (Å²) in [6.45, 7) is 0.752. The summed E-state index contributed by atoms with van der Waals surface area (Å²) in [6, 6.07) is 26.0. The predicted octanol–water partition coefficient (Wildman–Crippen LogP) is 4.06. The molecule has 0 bridgehead atoms. The second-order valence-corrected chi connectivity index (χ2v) is 8.36. The minimum atomic E-state index is -0.324. The first-order valence-electron chi connectivity index (χ1n) is 11.3. The average molecular weight is 476 g/mol. The van der Waals surface area contributed by atoms with Crippen LogP contribution >= 0.6 is 0 Å². The van der Waals surface area contributed by atoms with Gasteiger partial charge in [0.25, 0.3) is 5.56 Å². The van der Waals surface area contributed by atoms with Crippen molar-refractivity contribution in [3.8, 4) is 22.9 Å². The Bertz CT molecular complexity index is 1760. The molecule has 0 atom stereocenters. The lowest BCUT2D eigenvalue weighted by atomic mass is 10.1. The van der Waals surface area contributed by atoms with Crippen molar-refractivity contribution in [1.29, 1.82) is 0 Å². The maximum Gasteiger partial charge on any atom is 0.259 e. The predicted molar refractivity (Wildman–Crippen MR) is 135 cm³/mol. The van der Waals surface area contributed by atoms with Crippen LogP contribution in [-0.4, -0.2) is 35.3 Å². The molecule has 0 spiro atoms. The van der Waals surface area contributed by atoms with Gasteiger partial charge in [-0.3, -0.25) is 4.79 Å². The van der Waals surface area contributed by atoms with E-state index in [4.69, 9.17) is 4.74 Å². The fourth-order valence-electron chi connectivity index (χ4n) is 3.98. The zero-order valence-electron chi connectivity index (χ0n) is 19.0. The van der Waals surface area contributed by atoms with E-state index in [0.29, 0.717) is 24.1 Å². The number of nitrogens with zero attached hydrogens (tertiary/aromatic N) is 5. The summed E-state index contributed by atoms with van der Waals surface area (Å²) in [5.41, 5.74) is 3.33. The number of H-pyrrole nitrogens is 1. The molecule has 176 valence electrons. The van der Waals surface area contributed by atoms with Gasteiger partial charge in [-0.1, -0.05) is 36.4 Å². The SMILES string of the molecule is O=c1[nH]c2ccc(O)cc2cc1-c1nnn(Cc2ccc(OCc3ccc4ccccc4n3)cc2)n1. The second-order valence-electron chi connectivity index (χ2n) is 8.36. The summed E-state index contributed by atoms with van der Waals surface area (Å²) < 4.78 is 5.90. The largest absolute Gasteiger partial charge is 0.508 e. The lowest BCUT2D eigenvalue weighted by Crippen LogP contribution is -2.10. The van der Waals surface area contributed by atoms with Gasteiger partial charge in [-0.25, -0.2) is 4.98 Å². The minimum Gasteiger partial charge on any atom is -0.508 e. The topological polar surface area (TPSA) is 119 Å². The number of hydrogen-bond acceptors (Lipinski definition) is 7. The molecule has 6 aromatic rings. The molecule has 0 unspecified atom stereocenters. The average Bonchev–Trinajstić information content (AvgIpc) is 3.36. The molecule has 0 aliphatic rings. The fourth-order valence-corrected chi connectivity index (χ4v) is 3.98. The Hall–Kier alpha value is -5.05. The number of aromatic nitrogens is 6. The third-order valence-electron chi connectivity index (χ3n) is 5.81. The normalized spacial score (nSPS) is 11.2. The van der Waals surface area contributed by atoms with Gasteiger partial charge in [-0.2, -0.15) is 4.80 Å². The molecule has 3 aromatic heterocycles. The molecule has 0 amide bonds. The number of fused-ring (bicyclic) bond motifs is 2. The van der Waals surface area contributed by atoms with E-state index in [-0.39, 0.29) is 22.7 Å². The number of para-hydroxylation sites is 1. The second kappa shape index (κ2) is 8.95. The number of aromatic amines is 1. The fraction of sp³-hybridized carbons (Fsp3) is 0.0741. The summed E-state index contributed by atoms with van der Waals surface area (Å²) >= 11 is 0. The Morgan fingerprint density at radius 1 is 0.917 bits per heavy atom. The van der Waals surface area contributed by atoms with Gasteiger partial charge in [-0.15, -0.1) is 10.2 Å². The van der Waals surface area contributed by atoms with Crippen LogP contribution in [0, 0.1) is 0 Å². The Kier molecular flexibility index (Phi) is 5.34. The summed E-state index contributed by atoms with van der Waals surface area (Å²) in [5, 5.41) is 24.0. The van der Waals surface area contributed by atoms with Crippen LogP contribution in [0.3, 0.4) is 0 Å². The molecule has 0 aliphatic carbocycles. The minimum absolute atomic E-state index is 0.109. The number of benzene rings is 3. The number of hydrogen-bond donors (Lipinski definition) is 2. The van der Waals surface area contributed by atoms with Crippen LogP contribution in [0.5, 0.6) is 11.5 Å². The van der Waals surface area contributed by atoms with Gasteiger partial charge in [-0.05, 0) is 59.3 Å².